The molecule has 5 heteroatoms. The third-order valence-corrected chi connectivity index (χ3v) is 3.46. The molecule has 0 spiro atoms. The number of hydrogen-bond donors (Lipinski definition) is 1. The molecule has 0 aliphatic heterocycles. The van der Waals surface area contributed by atoms with Gasteiger partial charge in [0.05, 0.1) is 19.4 Å². The SMILES string of the molecule is CCOc1cccc(CNc2ccc(Br)cc2F)c1OC. The zero-order valence-corrected chi connectivity index (χ0v) is 13.5. The lowest BCUT2D eigenvalue weighted by molar-refractivity contribution is 0.309. The van der Waals surface area contributed by atoms with Gasteiger partial charge in [0.2, 0.25) is 0 Å². The summed E-state index contributed by atoms with van der Waals surface area (Å²) in [4.78, 5) is 0. The molecule has 21 heavy (non-hydrogen) atoms. The first-order valence-electron chi connectivity index (χ1n) is 6.63. The van der Waals surface area contributed by atoms with E-state index in [1.165, 1.54) is 6.07 Å². The highest BCUT2D eigenvalue weighted by Crippen LogP contribution is 2.31. The number of ether oxygens (including phenoxy) is 2. The lowest BCUT2D eigenvalue weighted by atomic mass is 10.1. The Hall–Kier alpha value is -1.75. The number of benzene rings is 2. The highest BCUT2D eigenvalue weighted by atomic mass is 79.9. The van der Waals surface area contributed by atoms with Crippen LogP contribution in [0.25, 0.3) is 0 Å². The van der Waals surface area contributed by atoms with Gasteiger partial charge in [-0.05, 0) is 31.2 Å². The molecule has 112 valence electrons. The Labute approximate surface area is 132 Å². The van der Waals surface area contributed by atoms with E-state index in [-0.39, 0.29) is 5.82 Å². The second-order valence-electron chi connectivity index (χ2n) is 4.36. The number of rotatable bonds is 6. The summed E-state index contributed by atoms with van der Waals surface area (Å²) in [6, 6.07) is 10.6. The summed E-state index contributed by atoms with van der Waals surface area (Å²) < 4.78 is 25.4. The van der Waals surface area contributed by atoms with Crippen molar-refractivity contribution in [2.45, 2.75) is 13.5 Å². The molecular formula is C16H17BrFNO2. The van der Waals surface area contributed by atoms with Crippen molar-refractivity contribution in [2.75, 3.05) is 19.0 Å². The van der Waals surface area contributed by atoms with Crippen LogP contribution in [0.2, 0.25) is 0 Å². The first-order chi connectivity index (χ1) is 10.2. The number of nitrogens with one attached hydrogen (secondary N) is 1. The quantitative estimate of drug-likeness (QED) is 0.822. The third-order valence-electron chi connectivity index (χ3n) is 2.96. The van der Waals surface area contributed by atoms with Crippen LogP contribution in [0.4, 0.5) is 10.1 Å². The number of para-hydroxylation sites is 1. The maximum absolute atomic E-state index is 13.8. The van der Waals surface area contributed by atoms with Gasteiger partial charge in [0, 0.05) is 16.6 Å². The van der Waals surface area contributed by atoms with Gasteiger partial charge >= 0.3 is 0 Å². The van der Waals surface area contributed by atoms with E-state index in [0.29, 0.717) is 34.8 Å². The Morgan fingerprint density at radius 2 is 2.05 bits per heavy atom. The van der Waals surface area contributed by atoms with E-state index >= 15 is 0 Å². The third kappa shape index (κ3) is 3.88. The summed E-state index contributed by atoms with van der Waals surface area (Å²) in [6.45, 7) is 2.93. The van der Waals surface area contributed by atoms with Crippen LogP contribution < -0.4 is 14.8 Å². The predicted octanol–water partition coefficient (Wildman–Crippen LogP) is 4.61. The molecule has 0 fully saturated rings. The molecule has 0 aliphatic carbocycles. The molecule has 1 N–H and O–H groups in total. The molecule has 0 heterocycles. The molecule has 2 rings (SSSR count). The van der Waals surface area contributed by atoms with Crippen molar-refractivity contribution in [3.05, 3.63) is 52.3 Å². The van der Waals surface area contributed by atoms with Gasteiger partial charge in [-0.2, -0.15) is 0 Å². The van der Waals surface area contributed by atoms with Gasteiger partial charge in [0.15, 0.2) is 11.5 Å². The maximum Gasteiger partial charge on any atom is 0.165 e. The molecule has 0 bridgehead atoms. The van der Waals surface area contributed by atoms with E-state index in [9.17, 15) is 4.39 Å². The maximum atomic E-state index is 13.8. The second-order valence-corrected chi connectivity index (χ2v) is 5.27. The summed E-state index contributed by atoms with van der Waals surface area (Å²) in [5.41, 5.74) is 1.35. The molecule has 2 aromatic carbocycles. The smallest absolute Gasteiger partial charge is 0.165 e. The van der Waals surface area contributed by atoms with Gasteiger partial charge in [-0.25, -0.2) is 4.39 Å². The number of halogens is 2. The Balaban J connectivity index is 2.17. The second kappa shape index (κ2) is 7.31. The summed E-state index contributed by atoms with van der Waals surface area (Å²) in [5.74, 6) is 1.06. The molecule has 0 amide bonds. The van der Waals surface area contributed by atoms with Crippen molar-refractivity contribution < 1.29 is 13.9 Å². The van der Waals surface area contributed by atoms with Gasteiger partial charge in [-0.1, -0.05) is 28.1 Å². The molecule has 0 aliphatic rings. The summed E-state index contributed by atoms with van der Waals surface area (Å²) in [7, 11) is 1.60. The molecule has 0 saturated carbocycles. The largest absolute Gasteiger partial charge is 0.493 e. The van der Waals surface area contributed by atoms with E-state index < -0.39 is 0 Å². The molecule has 0 aromatic heterocycles. The summed E-state index contributed by atoms with van der Waals surface area (Å²) >= 11 is 3.24. The molecule has 0 radical (unpaired) electrons. The van der Waals surface area contributed by atoms with E-state index in [2.05, 4.69) is 21.2 Å². The van der Waals surface area contributed by atoms with Crippen molar-refractivity contribution in [1.29, 1.82) is 0 Å². The van der Waals surface area contributed by atoms with Crippen LogP contribution in [0.5, 0.6) is 11.5 Å². The highest BCUT2D eigenvalue weighted by Gasteiger charge is 2.10. The van der Waals surface area contributed by atoms with Crippen LogP contribution in [0.15, 0.2) is 40.9 Å². The van der Waals surface area contributed by atoms with Crippen LogP contribution in [-0.4, -0.2) is 13.7 Å². The number of methoxy groups -OCH3 is 1. The van der Waals surface area contributed by atoms with Gasteiger partial charge in [0.25, 0.3) is 0 Å². The normalized spacial score (nSPS) is 10.3. The van der Waals surface area contributed by atoms with Crippen molar-refractivity contribution in [2.24, 2.45) is 0 Å². The van der Waals surface area contributed by atoms with Crippen molar-refractivity contribution in [3.8, 4) is 11.5 Å². The molecule has 0 saturated heterocycles. The van der Waals surface area contributed by atoms with Gasteiger partial charge in [-0.3, -0.25) is 0 Å². The van der Waals surface area contributed by atoms with Gasteiger partial charge < -0.3 is 14.8 Å². The minimum absolute atomic E-state index is 0.302. The lowest BCUT2D eigenvalue weighted by Gasteiger charge is -2.15. The molecule has 2 aromatic rings. The average Bonchev–Trinajstić information content (AvgIpc) is 2.47. The van der Waals surface area contributed by atoms with Crippen LogP contribution in [0.1, 0.15) is 12.5 Å². The topological polar surface area (TPSA) is 30.5 Å². The predicted molar refractivity (Wildman–Crippen MR) is 85.6 cm³/mol. The first kappa shape index (κ1) is 15.6. The summed E-state index contributed by atoms with van der Waals surface area (Å²) in [6.07, 6.45) is 0. The molecular weight excluding hydrogens is 337 g/mol. The zero-order chi connectivity index (χ0) is 15.2. The molecule has 0 unspecified atom stereocenters. The van der Waals surface area contributed by atoms with E-state index in [1.807, 2.05) is 25.1 Å². The van der Waals surface area contributed by atoms with Crippen LogP contribution >= 0.6 is 15.9 Å². The fraction of sp³-hybridized carbons (Fsp3) is 0.250. The minimum Gasteiger partial charge on any atom is -0.493 e. The van der Waals surface area contributed by atoms with Crippen molar-refractivity contribution >= 4 is 21.6 Å². The Morgan fingerprint density at radius 1 is 1.24 bits per heavy atom. The zero-order valence-electron chi connectivity index (χ0n) is 12.0. The van der Waals surface area contributed by atoms with E-state index in [1.54, 1.807) is 19.2 Å². The van der Waals surface area contributed by atoms with Crippen LogP contribution in [-0.2, 0) is 6.54 Å². The van der Waals surface area contributed by atoms with Crippen LogP contribution in [0, 0.1) is 5.82 Å². The average molecular weight is 354 g/mol. The lowest BCUT2D eigenvalue weighted by Crippen LogP contribution is -2.05. The monoisotopic (exact) mass is 353 g/mol. The van der Waals surface area contributed by atoms with E-state index in [4.69, 9.17) is 9.47 Å². The molecule has 0 atom stereocenters. The highest BCUT2D eigenvalue weighted by molar-refractivity contribution is 9.10. The fourth-order valence-corrected chi connectivity index (χ4v) is 2.36. The van der Waals surface area contributed by atoms with Gasteiger partial charge in [0.1, 0.15) is 5.82 Å². The van der Waals surface area contributed by atoms with Crippen LogP contribution in [0.3, 0.4) is 0 Å². The standard InChI is InChI=1S/C16H17BrFNO2/c1-3-21-15-6-4-5-11(16(15)20-2)10-19-14-8-7-12(17)9-13(14)18/h4-9,19H,3,10H2,1-2H3. The number of anilines is 1. The Morgan fingerprint density at radius 3 is 2.71 bits per heavy atom. The minimum atomic E-state index is -0.302. The fourth-order valence-electron chi connectivity index (χ4n) is 2.02. The molecule has 3 nitrogen and oxygen atoms in total. The Bertz CT molecular complexity index is 619. The number of hydrogen-bond acceptors (Lipinski definition) is 3. The first-order valence-corrected chi connectivity index (χ1v) is 7.42. The Kier molecular flexibility index (Phi) is 5.44. The summed E-state index contributed by atoms with van der Waals surface area (Å²) in [5, 5.41) is 3.07. The van der Waals surface area contributed by atoms with E-state index in [0.717, 1.165) is 5.56 Å². The van der Waals surface area contributed by atoms with Crippen molar-refractivity contribution in [1.82, 2.24) is 0 Å². The van der Waals surface area contributed by atoms with Crippen molar-refractivity contribution in [3.63, 3.8) is 0 Å². The van der Waals surface area contributed by atoms with Gasteiger partial charge in [-0.15, -0.1) is 0 Å².